The average Bonchev–Trinajstić information content (AvgIpc) is 3.25. The van der Waals surface area contributed by atoms with Gasteiger partial charge in [0.2, 0.25) is 0 Å². The molecular weight excluding hydrogens is 481 g/mol. The number of rotatable bonds is 7. The fourth-order valence-corrected chi connectivity index (χ4v) is 3.89. The van der Waals surface area contributed by atoms with Crippen molar-refractivity contribution in [3.05, 3.63) is 22.7 Å². The van der Waals surface area contributed by atoms with E-state index >= 15 is 0 Å². The number of nitrogens with one attached hydrogen (secondary N) is 2. The quantitative estimate of drug-likeness (QED) is 0.333. The van der Waals surface area contributed by atoms with Gasteiger partial charge >= 0.3 is 0 Å². The molecule has 0 saturated carbocycles. The van der Waals surface area contributed by atoms with Crippen molar-refractivity contribution >= 4 is 41.5 Å². The zero-order chi connectivity index (χ0) is 18.5. The minimum atomic E-state index is 0. The molecule has 152 valence electrons. The molecule has 0 spiro atoms. The van der Waals surface area contributed by atoms with E-state index < -0.39 is 0 Å². The van der Waals surface area contributed by atoms with Crippen molar-refractivity contribution in [1.82, 2.24) is 10.6 Å². The fraction of sp³-hybridized carbons (Fsp3) is 0.632. The monoisotopic (exact) mass is 509 g/mol. The van der Waals surface area contributed by atoms with Crippen molar-refractivity contribution < 1.29 is 14.2 Å². The third-order valence-corrected chi connectivity index (χ3v) is 5.05. The summed E-state index contributed by atoms with van der Waals surface area (Å²) in [4.78, 5) is 4.71. The highest BCUT2D eigenvalue weighted by Gasteiger charge is 2.41. The van der Waals surface area contributed by atoms with Gasteiger partial charge in [-0.15, -0.1) is 24.0 Å². The Morgan fingerprint density at radius 2 is 2.15 bits per heavy atom. The lowest BCUT2D eigenvalue weighted by molar-refractivity contribution is 0.0992. The standard InChI is InChI=1S/C19H28ClN3O3.HI/c1-4-21-19(23-15-10-13-6-7-16(15)26-13)22-11-12-8-14(20)18(25-5-2)17(9-12)24-3;/h8-9,13,15-16H,4-7,10-11H2,1-3H3,(H2,21,22,23);1H. The smallest absolute Gasteiger partial charge is 0.191 e. The summed E-state index contributed by atoms with van der Waals surface area (Å²) >= 11 is 6.35. The first-order valence-corrected chi connectivity index (χ1v) is 9.71. The second-order valence-corrected chi connectivity index (χ2v) is 7.00. The second kappa shape index (κ2) is 10.6. The Morgan fingerprint density at radius 1 is 1.33 bits per heavy atom. The maximum Gasteiger partial charge on any atom is 0.191 e. The van der Waals surface area contributed by atoms with Crippen molar-refractivity contribution in [2.45, 2.75) is 57.9 Å². The maximum absolute atomic E-state index is 6.35. The van der Waals surface area contributed by atoms with Crippen LogP contribution in [0.4, 0.5) is 0 Å². The molecule has 1 aromatic carbocycles. The van der Waals surface area contributed by atoms with Gasteiger partial charge in [0, 0.05) is 6.54 Å². The SMILES string of the molecule is CCNC(=NCc1cc(Cl)c(OCC)c(OC)c1)NC1CC2CCC1O2.I. The molecule has 0 radical (unpaired) electrons. The number of ether oxygens (including phenoxy) is 3. The van der Waals surface area contributed by atoms with Crippen molar-refractivity contribution in [3.63, 3.8) is 0 Å². The van der Waals surface area contributed by atoms with E-state index in [2.05, 4.69) is 17.6 Å². The van der Waals surface area contributed by atoms with Gasteiger partial charge in [-0.1, -0.05) is 11.6 Å². The molecule has 27 heavy (non-hydrogen) atoms. The summed E-state index contributed by atoms with van der Waals surface area (Å²) < 4.78 is 16.9. The van der Waals surface area contributed by atoms with Gasteiger partial charge in [0.1, 0.15) is 0 Å². The molecule has 0 aromatic heterocycles. The minimum absolute atomic E-state index is 0. The van der Waals surface area contributed by atoms with Crippen molar-refractivity contribution in [2.75, 3.05) is 20.3 Å². The number of benzene rings is 1. The molecular formula is C19H29ClIN3O3. The number of nitrogens with zero attached hydrogens (tertiary/aromatic N) is 1. The fourth-order valence-electron chi connectivity index (χ4n) is 3.60. The summed E-state index contributed by atoms with van der Waals surface area (Å²) in [6, 6.07) is 4.14. The topological polar surface area (TPSA) is 64.1 Å². The Hall–Kier alpha value is -0.930. The molecule has 2 N–H and O–H groups in total. The summed E-state index contributed by atoms with van der Waals surface area (Å²) in [7, 11) is 1.61. The van der Waals surface area contributed by atoms with E-state index in [0.717, 1.165) is 30.9 Å². The Kier molecular flexibility index (Phi) is 8.75. The lowest BCUT2D eigenvalue weighted by Crippen LogP contribution is -2.47. The Bertz CT molecular complexity index is 659. The van der Waals surface area contributed by atoms with Crippen LogP contribution < -0.4 is 20.1 Å². The highest BCUT2D eigenvalue weighted by Crippen LogP contribution is 2.37. The molecule has 2 heterocycles. The van der Waals surface area contributed by atoms with Gasteiger partial charge in [-0.05, 0) is 50.8 Å². The summed E-state index contributed by atoms with van der Waals surface area (Å²) in [5, 5.41) is 7.36. The molecule has 2 fully saturated rings. The van der Waals surface area contributed by atoms with Crippen LogP contribution >= 0.6 is 35.6 Å². The largest absolute Gasteiger partial charge is 0.493 e. The lowest BCUT2D eigenvalue weighted by atomic mass is 9.96. The predicted octanol–water partition coefficient (Wildman–Crippen LogP) is 3.74. The molecule has 3 rings (SSSR count). The molecule has 2 bridgehead atoms. The third-order valence-electron chi connectivity index (χ3n) is 4.77. The van der Waals surface area contributed by atoms with Crippen LogP contribution in [0.5, 0.6) is 11.5 Å². The van der Waals surface area contributed by atoms with E-state index in [0.29, 0.717) is 47.9 Å². The lowest BCUT2D eigenvalue weighted by Gasteiger charge is -2.22. The van der Waals surface area contributed by atoms with E-state index in [1.165, 1.54) is 6.42 Å². The van der Waals surface area contributed by atoms with Gasteiger partial charge < -0.3 is 24.8 Å². The first-order chi connectivity index (χ1) is 12.6. The van der Waals surface area contributed by atoms with Gasteiger partial charge in [0.25, 0.3) is 0 Å². The van der Waals surface area contributed by atoms with Gasteiger partial charge in [0.05, 0.1) is 43.5 Å². The molecule has 8 heteroatoms. The molecule has 0 amide bonds. The zero-order valence-electron chi connectivity index (χ0n) is 16.1. The summed E-state index contributed by atoms with van der Waals surface area (Å²) in [6.45, 7) is 5.82. The van der Waals surface area contributed by atoms with E-state index in [-0.39, 0.29) is 24.0 Å². The average molecular weight is 510 g/mol. The molecule has 2 aliphatic heterocycles. The Morgan fingerprint density at radius 3 is 2.74 bits per heavy atom. The third kappa shape index (κ3) is 5.54. The Labute approximate surface area is 183 Å². The van der Waals surface area contributed by atoms with Crippen LogP contribution in [0.1, 0.15) is 38.7 Å². The molecule has 3 unspecified atom stereocenters. The summed E-state index contributed by atoms with van der Waals surface area (Å²) in [5.41, 5.74) is 0.969. The maximum atomic E-state index is 6.35. The predicted molar refractivity (Wildman–Crippen MR) is 119 cm³/mol. The molecule has 1 aromatic rings. The molecule has 3 atom stereocenters. The van der Waals surface area contributed by atoms with Gasteiger partial charge in [-0.3, -0.25) is 0 Å². The van der Waals surface area contributed by atoms with Crippen molar-refractivity contribution in [1.29, 1.82) is 0 Å². The molecule has 6 nitrogen and oxygen atoms in total. The Balaban J connectivity index is 0.00000261. The highest BCUT2D eigenvalue weighted by atomic mass is 127. The van der Waals surface area contributed by atoms with E-state index in [9.17, 15) is 0 Å². The van der Waals surface area contributed by atoms with Crippen LogP contribution in [0.25, 0.3) is 0 Å². The minimum Gasteiger partial charge on any atom is -0.493 e. The van der Waals surface area contributed by atoms with Gasteiger partial charge in [0.15, 0.2) is 17.5 Å². The summed E-state index contributed by atoms with van der Waals surface area (Å²) in [5.74, 6) is 2.01. The molecule has 0 aliphatic carbocycles. The number of methoxy groups -OCH3 is 1. The van der Waals surface area contributed by atoms with E-state index in [1.54, 1.807) is 7.11 Å². The number of halogens is 2. The zero-order valence-corrected chi connectivity index (χ0v) is 19.2. The molecule has 2 saturated heterocycles. The van der Waals surface area contributed by atoms with Crippen LogP contribution in [0.15, 0.2) is 17.1 Å². The van der Waals surface area contributed by atoms with Crippen molar-refractivity contribution in [2.24, 2.45) is 4.99 Å². The number of hydrogen-bond acceptors (Lipinski definition) is 4. The van der Waals surface area contributed by atoms with E-state index in [4.69, 9.17) is 30.8 Å². The number of aliphatic imine (C=N–C) groups is 1. The van der Waals surface area contributed by atoms with E-state index in [1.807, 2.05) is 19.1 Å². The van der Waals surface area contributed by atoms with Gasteiger partial charge in [-0.2, -0.15) is 0 Å². The van der Waals surface area contributed by atoms with Crippen LogP contribution in [0.2, 0.25) is 5.02 Å². The first-order valence-electron chi connectivity index (χ1n) is 9.34. The van der Waals surface area contributed by atoms with Crippen LogP contribution in [-0.2, 0) is 11.3 Å². The molecule has 2 aliphatic rings. The number of hydrogen-bond donors (Lipinski definition) is 2. The number of guanidine groups is 1. The van der Waals surface area contributed by atoms with Crippen LogP contribution in [0, 0.1) is 0 Å². The first kappa shape index (κ1) is 22.4. The van der Waals surface area contributed by atoms with Crippen LogP contribution in [-0.4, -0.2) is 44.5 Å². The van der Waals surface area contributed by atoms with Crippen LogP contribution in [0.3, 0.4) is 0 Å². The number of fused-ring (bicyclic) bond motifs is 2. The normalized spacial score (nSPS) is 23.7. The summed E-state index contributed by atoms with van der Waals surface area (Å²) in [6.07, 6.45) is 4.09. The van der Waals surface area contributed by atoms with Gasteiger partial charge in [-0.25, -0.2) is 4.99 Å². The van der Waals surface area contributed by atoms with Crippen molar-refractivity contribution in [3.8, 4) is 11.5 Å². The second-order valence-electron chi connectivity index (χ2n) is 6.60. The highest BCUT2D eigenvalue weighted by molar-refractivity contribution is 14.0.